The molecule has 0 aliphatic carbocycles. The zero-order chi connectivity index (χ0) is 15.3. The van der Waals surface area contributed by atoms with Crippen LogP contribution in [-0.4, -0.2) is 34.2 Å². The van der Waals surface area contributed by atoms with Gasteiger partial charge in [0.1, 0.15) is 0 Å². The van der Waals surface area contributed by atoms with Crippen LogP contribution in [0, 0.1) is 0 Å². The Labute approximate surface area is 117 Å². The van der Waals surface area contributed by atoms with Crippen molar-refractivity contribution in [2.45, 2.75) is 52.1 Å². The molecule has 0 aromatic heterocycles. The van der Waals surface area contributed by atoms with Gasteiger partial charge in [-0.2, -0.15) is 0 Å². The van der Waals surface area contributed by atoms with Crippen molar-refractivity contribution in [2.24, 2.45) is 0 Å². The minimum atomic E-state index is -2.44. The molecule has 6 heteroatoms. The topological polar surface area (TPSA) is 93.1 Å². The smallest absolute Gasteiger partial charge is 0.395 e. The summed E-state index contributed by atoms with van der Waals surface area (Å²) in [5.41, 5.74) is 1.87. The average molecular weight is 284 g/mol. The van der Waals surface area contributed by atoms with E-state index < -0.39 is 30.4 Å². The summed E-state index contributed by atoms with van der Waals surface area (Å²) in [6.45, 7) is 5.67. The summed E-state index contributed by atoms with van der Waals surface area (Å²) in [5.74, 6) is -4.44. The van der Waals surface area contributed by atoms with Gasteiger partial charge in [0.15, 0.2) is 6.10 Å². The monoisotopic (exact) mass is 284 g/mol. The molecule has 112 valence electrons. The lowest BCUT2D eigenvalue weighted by molar-refractivity contribution is -0.292. The van der Waals surface area contributed by atoms with E-state index in [2.05, 4.69) is 9.47 Å². The molecule has 0 bridgehead atoms. The maximum atomic E-state index is 11.4. The number of ether oxygens (including phenoxy) is 2. The van der Waals surface area contributed by atoms with Crippen LogP contribution in [0.3, 0.4) is 0 Å². The number of rotatable bonds is 4. The first-order chi connectivity index (χ1) is 9.22. The predicted octanol–water partition coefficient (Wildman–Crippen LogP) is 1.18. The first-order valence-corrected chi connectivity index (χ1v) is 6.38. The Hall–Kier alpha value is -1.66. The number of cyclic esters (lactones) is 2. The molecule has 0 aromatic rings. The summed E-state index contributed by atoms with van der Waals surface area (Å²) in [5, 5.41) is 19.3. The minimum absolute atomic E-state index is 0.536. The van der Waals surface area contributed by atoms with E-state index in [1.165, 1.54) is 11.6 Å². The van der Waals surface area contributed by atoms with Gasteiger partial charge in [-0.1, -0.05) is 17.2 Å². The SMILES string of the molecule is CC(C)=CCC/C(C)=C/C1(O)OC(=O)CC(O)C(=O)O1. The van der Waals surface area contributed by atoms with Crippen molar-refractivity contribution in [2.75, 3.05) is 0 Å². The normalized spacial score (nSPS) is 27.4. The summed E-state index contributed by atoms with van der Waals surface area (Å²) in [4.78, 5) is 22.7. The third-order valence-corrected chi connectivity index (χ3v) is 2.66. The molecule has 0 radical (unpaired) electrons. The number of carbonyl (C=O) groups excluding carboxylic acids is 2. The van der Waals surface area contributed by atoms with E-state index in [9.17, 15) is 19.8 Å². The Kier molecular flexibility index (Phi) is 5.47. The lowest BCUT2D eigenvalue weighted by atomic mass is 10.1. The second kappa shape index (κ2) is 6.67. The van der Waals surface area contributed by atoms with Crippen molar-refractivity contribution in [3.63, 3.8) is 0 Å². The molecule has 1 fully saturated rings. The fourth-order valence-corrected chi connectivity index (χ4v) is 1.71. The average Bonchev–Trinajstić information content (AvgIpc) is 2.34. The van der Waals surface area contributed by atoms with Crippen LogP contribution in [0.2, 0.25) is 0 Å². The zero-order valence-corrected chi connectivity index (χ0v) is 11.9. The fraction of sp³-hybridized carbons (Fsp3) is 0.571. The summed E-state index contributed by atoms with van der Waals surface area (Å²) in [6.07, 6.45) is 2.41. The highest BCUT2D eigenvalue weighted by Crippen LogP contribution is 2.22. The van der Waals surface area contributed by atoms with Crippen molar-refractivity contribution in [1.82, 2.24) is 0 Å². The standard InChI is InChI=1S/C14H20O6/c1-9(2)5-4-6-10(3)8-14(18)19-12(16)7-11(15)13(17)20-14/h5,8,11,15,18H,4,6-7H2,1-3H3/b10-8+. The summed E-state index contributed by atoms with van der Waals surface area (Å²) >= 11 is 0. The number of aliphatic hydroxyl groups is 2. The molecule has 0 saturated carbocycles. The molecule has 1 aliphatic rings. The Balaban J connectivity index is 2.78. The van der Waals surface area contributed by atoms with Gasteiger partial charge >= 0.3 is 17.9 Å². The Morgan fingerprint density at radius 1 is 1.35 bits per heavy atom. The van der Waals surface area contributed by atoms with E-state index >= 15 is 0 Å². The molecule has 2 unspecified atom stereocenters. The van der Waals surface area contributed by atoms with E-state index in [1.54, 1.807) is 6.92 Å². The lowest BCUT2D eigenvalue weighted by Gasteiger charge is -2.22. The molecule has 1 rings (SSSR count). The van der Waals surface area contributed by atoms with Gasteiger partial charge in [0.05, 0.1) is 6.42 Å². The Morgan fingerprint density at radius 2 is 2.00 bits per heavy atom. The first kappa shape index (κ1) is 16.4. The molecule has 1 heterocycles. The minimum Gasteiger partial charge on any atom is -0.395 e. The summed E-state index contributed by atoms with van der Waals surface area (Å²) in [6, 6.07) is 0. The molecule has 0 aromatic carbocycles. The highest BCUT2D eigenvalue weighted by molar-refractivity contribution is 5.83. The van der Waals surface area contributed by atoms with Crippen LogP contribution < -0.4 is 0 Å². The van der Waals surface area contributed by atoms with Crippen LogP contribution in [-0.2, 0) is 19.1 Å². The maximum Gasteiger partial charge on any atom is 0.396 e. The van der Waals surface area contributed by atoms with Crippen LogP contribution in [0.1, 0.15) is 40.0 Å². The Morgan fingerprint density at radius 3 is 2.60 bits per heavy atom. The third-order valence-electron chi connectivity index (χ3n) is 2.66. The van der Waals surface area contributed by atoms with Crippen LogP contribution in [0.5, 0.6) is 0 Å². The molecular formula is C14H20O6. The summed E-state index contributed by atoms with van der Waals surface area (Å²) in [7, 11) is 0. The number of allylic oxidation sites excluding steroid dienone is 3. The van der Waals surface area contributed by atoms with E-state index in [1.807, 2.05) is 19.9 Å². The van der Waals surface area contributed by atoms with Gasteiger partial charge in [-0.15, -0.1) is 0 Å². The number of carbonyl (C=O) groups is 2. The zero-order valence-electron chi connectivity index (χ0n) is 11.9. The number of aliphatic hydroxyl groups excluding tert-OH is 1. The third kappa shape index (κ3) is 5.14. The van der Waals surface area contributed by atoms with Gasteiger partial charge in [0.2, 0.25) is 0 Å². The molecule has 0 amide bonds. The van der Waals surface area contributed by atoms with Crippen molar-refractivity contribution in [3.05, 3.63) is 23.3 Å². The molecule has 1 aliphatic heterocycles. The van der Waals surface area contributed by atoms with Gasteiger partial charge in [-0.25, -0.2) is 4.79 Å². The van der Waals surface area contributed by atoms with E-state index in [0.717, 1.165) is 6.42 Å². The fourth-order valence-electron chi connectivity index (χ4n) is 1.71. The van der Waals surface area contributed by atoms with Crippen LogP contribution in [0.4, 0.5) is 0 Å². The molecule has 0 spiro atoms. The molecule has 2 N–H and O–H groups in total. The van der Waals surface area contributed by atoms with Crippen LogP contribution in [0.25, 0.3) is 0 Å². The molecule has 6 nitrogen and oxygen atoms in total. The number of hydrogen-bond donors (Lipinski definition) is 2. The van der Waals surface area contributed by atoms with Crippen molar-refractivity contribution >= 4 is 11.9 Å². The second-order valence-corrected chi connectivity index (χ2v) is 5.06. The predicted molar refractivity (Wildman–Crippen MR) is 70.2 cm³/mol. The molecule has 1 saturated heterocycles. The quantitative estimate of drug-likeness (QED) is 0.594. The largest absolute Gasteiger partial charge is 0.396 e. The highest BCUT2D eigenvalue weighted by atomic mass is 16.8. The van der Waals surface area contributed by atoms with Crippen molar-refractivity contribution in [3.8, 4) is 0 Å². The van der Waals surface area contributed by atoms with E-state index in [4.69, 9.17) is 0 Å². The van der Waals surface area contributed by atoms with Crippen molar-refractivity contribution < 1.29 is 29.3 Å². The van der Waals surface area contributed by atoms with Gasteiger partial charge in [0.25, 0.3) is 0 Å². The van der Waals surface area contributed by atoms with Crippen LogP contribution >= 0.6 is 0 Å². The van der Waals surface area contributed by atoms with Gasteiger partial charge < -0.3 is 19.7 Å². The Bertz CT molecular complexity index is 447. The maximum absolute atomic E-state index is 11.4. The lowest BCUT2D eigenvalue weighted by Crippen LogP contribution is -2.37. The van der Waals surface area contributed by atoms with Gasteiger partial charge in [-0.3, -0.25) is 4.79 Å². The molecule has 2 atom stereocenters. The first-order valence-electron chi connectivity index (χ1n) is 6.38. The number of hydrogen-bond acceptors (Lipinski definition) is 6. The molecular weight excluding hydrogens is 264 g/mol. The highest BCUT2D eigenvalue weighted by Gasteiger charge is 2.41. The molecule has 20 heavy (non-hydrogen) atoms. The van der Waals surface area contributed by atoms with Gasteiger partial charge in [-0.05, 0) is 33.6 Å². The van der Waals surface area contributed by atoms with E-state index in [0.29, 0.717) is 12.0 Å². The van der Waals surface area contributed by atoms with Crippen LogP contribution in [0.15, 0.2) is 23.3 Å². The van der Waals surface area contributed by atoms with Crippen molar-refractivity contribution in [1.29, 1.82) is 0 Å². The number of esters is 2. The second-order valence-electron chi connectivity index (χ2n) is 5.06. The van der Waals surface area contributed by atoms with E-state index in [-0.39, 0.29) is 0 Å². The van der Waals surface area contributed by atoms with Gasteiger partial charge in [0, 0.05) is 6.08 Å². The summed E-state index contributed by atoms with van der Waals surface area (Å²) < 4.78 is 9.27.